The van der Waals surface area contributed by atoms with Gasteiger partial charge < -0.3 is 18.9 Å². The first-order chi connectivity index (χ1) is 12.5. The monoisotopic (exact) mass is 362 g/mol. The van der Waals surface area contributed by atoms with Crippen molar-refractivity contribution in [1.82, 2.24) is 9.97 Å². The summed E-state index contributed by atoms with van der Waals surface area (Å²) in [5, 5.41) is 9.30. The number of hydrogen-bond donors (Lipinski definition) is 1. The van der Waals surface area contributed by atoms with Crippen LogP contribution in [0.4, 0.5) is 0 Å². The quantitative estimate of drug-likeness (QED) is 0.261. The van der Waals surface area contributed by atoms with E-state index in [9.17, 15) is 10.0 Å². The van der Waals surface area contributed by atoms with Gasteiger partial charge in [0.25, 0.3) is 0 Å². The molecule has 0 bridgehead atoms. The van der Waals surface area contributed by atoms with Crippen LogP contribution in [-0.4, -0.2) is 60.5 Å². The highest BCUT2D eigenvalue weighted by Gasteiger charge is 2.20. The van der Waals surface area contributed by atoms with Crippen LogP contribution >= 0.6 is 0 Å². The maximum absolute atomic E-state index is 12.3. The summed E-state index contributed by atoms with van der Waals surface area (Å²) in [5.41, 5.74) is 0.809. The summed E-state index contributed by atoms with van der Waals surface area (Å²) in [6.07, 6.45) is 1.79. The van der Waals surface area contributed by atoms with Gasteiger partial charge in [-0.1, -0.05) is 12.1 Å². The maximum Gasteiger partial charge on any atom is 0.341 e. The third-order valence-corrected chi connectivity index (χ3v) is 3.36. The molecule has 0 fully saturated rings. The van der Waals surface area contributed by atoms with Crippen molar-refractivity contribution in [2.75, 3.05) is 28.4 Å². The van der Waals surface area contributed by atoms with Gasteiger partial charge in [0.15, 0.2) is 13.3 Å². The SMILES string of the molecule is COC(=O)c1c(CC=[N+](C)O)cccc1Oc1nc(OC)cc(OC)n1. The second-order valence-corrected chi connectivity index (χ2v) is 5.08. The summed E-state index contributed by atoms with van der Waals surface area (Å²) in [7, 11) is 5.64. The zero-order chi connectivity index (χ0) is 19.1. The second kappa shape index (κ2) is 8.65. The summed E-state index contributed by atoms with van der Waals surface area (Å²) in [4.78, 5) is 20.4. The minimum Gasteiger partial charge on any atom is -0.481 e. The molecule has 0 aliphatic carbocycles. The number of hydroxylamine groups is 1. The lowest BCUT2D eigenvalue weighted by atomic mass is 10.0. The third-order valence-electron chi connectivity index (χ3n) is 3.36. The first kappa shape index (κ1) is 19.0. The van der Waals surface area contributed by atoms with Gasteiger partial charge in [-0.15, -0.1) is 0 Å². The zero-order valence-electron chi connectivity index (χ0n) is 14.9. The Kier molecular flexibility index (Phi) is 6.31. The molecule has 26 heavy (non-hydrogen) atoms. The molecule has 0 spiro atoms. The maximum atomic E-state index is 12.3. The van der Waals surface area contributed by atoms with Gasteiger partial charge in [-0.25, -0.2) is 4.79 Å². The fraction of sp³-hybridized carbons (Fsp3) is 0.294. The lowest BCUT2D eigenvalue weighted by Gasteiger charge is -2.12. The van der Waals surface area contributed by atoms with Crippen molar-refractivity contribution in [3.8, 4) is 23.5 Å². The number of rotatable bonds is 7. The molecule has 1 aromatic carbocycles. The molecule has 1 aromatic heterocycles. The van der Waals surface area contributed by atoms with Gasteiger partial charge in [-0.2, -0.15) is 9.97 Å². The molecule has 138 valence electrons. The van der Waals surface area contributed by atoms with Gasteiger partial charge >= 0.3 is 12.0 Å². The van der Waals surface area contributed by atoms with Gasteiger partial charge in [0, 0.05) is 0 Å². The first-order valence-electron chi connectivity index (χ1n) is 7.58. The normalized spacial score (nSPS) is 11.0. The van der Waals surface area contributed by atoms with E-state index in [-0.39, 0.29) is 35.5 Å². The number of esters is 1. The number of carbonyl (C=O) groups is 1. The standard InChI is InChI=1S/C17H20N3O6/c1-20(22)9-8-11-6-5-7-12(15(11)16(21)25-4)26-17-18-13(23-2)10-14(19-17)24-3/h5-7,9-10,22H,8H2,1-4H3/q+1. The van der Waals surface area contributed by atoms with Crippen LogP contribution in [-0.2, 0) is 11.2 Å². The van der Waals surface area contributed by atoms with Gasteiger partial charge in [-0.05, 0) is 16.4 Å². The van der Waals surface area contributed by atoms with Crippen LogP contribution in [0.2, 0.25) is 0 Å². The smallest absolute Gasteiger partial charge is 0.341 e. The average Bonchev–Trinajstić information content (AvgIpc) is 2.65. The van der Waals surface area contributed by atoms with E-state index in [0.717, 1.165) is 4.74 Å². The molecule has 0 aliphatic rings. The predicted molar refractivity (Wildman–Crippen MR) is 90.7 cm³/mol. The summed E-state index contributed by atoms with van der Waals surface area (Å²) in [6.45, 7) is 0. The highest BCUT2D eigenvalue weighted by Crippen LogP contribution is 2.29. The van der Waals surface area contributed by atoms with Gasteiger partial charge in [0.1, 0.15) is 11.3 Å². The third kappa shape index (κ3) is 4.59. The minimum absolute atomic E-state index is 0.0493. The summed E-state index contributed by atoms with van der Waals surface area (Å²) in [5.74, 6) is 0.119. The van der Waals surface area contributed by atoms with E-state index >= 15 is 0 Å². The molecular weight excluding hydrogens is 342 g/mol. The Labute approximate surface area is 150 Å². The van der Waals surface area contributed by atoms with Crippen molar-refractivity contribution in [2.24, 2.45) is 0 Å². The van der Waals surface area contributed by atoms with E-state index in [1.54, 1.807) is 18.2 Å². The Balaban J connectivity index is 2.47. The van der Waals surface area contributed by atoms with Crippen LogP contribution in [0.25, 0.3) is 0 Å². The summed E-state index contributed by atoms with van der Waals surface area (Å²) < 4.78 is 21.6. The van der Waals surface area contributed by atoms with E-state index in [0.29, 0.717) is 5.56 Å². The zero-order valence-corrected chi connectivity index (χ0v) is 14.9. The number of aromatic nitrogens is 2. The Morgan fingerprint density at radius 3 is 2.38 bits per heavy atom. The van der Waals surface area contributed by atoms with E-state index in [2.05, 4.69) is 9.97 Å². The number of carbonyl (C=O) groups excluding carboxylic acids is 1. The fourth-order valence-electron chi connectivity index (χ4n) is 2.13. The highest BCUT2D eigenvalue weighted by atomic mass is 16.5. The number of ether oxygens (including phenoxy) is 4. The van der Waals surface area contributed by atoms with E-state index in [1.807, 2.05) is 0 Å². The molecule has 9 nitrogen and oxygen atoms in total. The molecule has 0 atom stereocenters. The van der Waals surface area contributed by atoms with Crippen molar-refractivity contribution in [3.05, 3.63) is 35.4 Å². The molecule has 2 aromatic rings. The fourth-order valence-corrected chi connectivity index (χ4v) is 2.13. The van der Waals surface area contributed by atoms with Crippen molar-refractivity contribution in [1.29, 1.82) is 0 Å². The van der Waals surface area contributed by atoms with Crippen LogP contribution in [0.5, 0.6) is 23.5 Å². The Hall–Kier alpha value is -3.36. The average molecular weight is 362 g/mol. The van der Waals surface area contributed by atoms with Gasteiger partial charge in [0.05, 0.1) is 33.8 Å². The summed E-state index contributed by atoms with van der Waals surface area (Å²) in [6, 6.07) is 6.47. The lowest BCUT2D eigenvalue weighted by Crippen LogP contribution is -2.11. The van der Waals surface area contributed by atoms with Crippen molar-refractivity contribution in [3.63, 3.8) is 0 Å². The van der Waals surface area contributed by atoms with E-state index in [4.69, 9.17) is 18.9 Å². The van der Waals surface area contributed by atoms with Crippen LogP contribution < -0.4 is 14.2 Å². The van der Waals surface area contributed by atoms with E-state index < -0.39 is 5.97 Å². The molecule has 1 heterocycles. The molecule has 0 amide bonds. The van der Waals surface area contributed by atoms with Crippen LogP contribution in [0.15, 0.2) is 24.3 Å². The highest BCUT2D eigenvalue weighted by molar-refractivity contribution is 5.95. The molecular formula is C17H20N3O6+. The van der Waals surface area contributed by atoms with Crippen molar-refractivity contribution >= 4 is 12.2 Å². The molecule has 0 saturated heterocycles. The molecule has 0 aliphatic heterocycles. The largest absolute Gasteiger partial charge is 0.481 e. The lowest BCUT2D eigenvalue weighted by molar-refractivity contribution is -0.751. The Morgan fingerprint density at radius 2 is 1.85 bits per heavy atom. The predicted octanol–water partition coefficient (Wildman–Crippen LogP) is 1.72. The van der Waals surface area contributed by atoms with Crippen molar-refractivity contribution in [2.45, 2.75) is 6.42 Å². The van der Waals surface area contributed by atoms with E-state index in [1.165, 1.54) is 40.7 Å². The minimum atomic E-state index is -0.584. The van der Waals surface area contributed by atoms with Gasteiger partial charge in [0.2, 0.25) is 11.8 Å². The molecule has 1 N–H and O–H groups in total. The van der Waals surface area contributed by atoms with Crippen LogP contribution in [0.3, 0.4) is 0 Å². The van der Waals surface area contributed by atoms with Crippen molar-refractivity contribution < 1.29 is 33.7 Å². The second-order valence-electron chi connectivity index (χ2n) is 5.08. The molecule has 9 heteroatoms. The molecule has 0 radical (unpaired) electrons. The molecule has 2 rings (SSSR count). The van der Waals surface area contributed by atoms with Gasteiger partial charge in [-0.3, -0.25) is 5.21 Å². The Bertz CT molecular complexity index is 796. The number of methoxy groups -OCH3 is 3. The molecule has 0 unspecified atom stereocenters. The molecule has 0 saturated carbocycles. The van der Waals surface area contributed by atoms with Crippen LogP contribution in [0, 0.1) is 0 Å². The topological polar surface area (TPSA) is 103 Å². The number of nitrogens with zero attached hydrogens (tertiary/aromatic N) is 3. The Morgan fingerprint density at radius 1 is 1.19 bits per heavy atom. The first-order valence-corrected chi connectivity index (χ1v) is 7.58. The summed E-state index contributed by atoms with van der Waals surface area (Å²) >= 11 is 0. The number of benzene rings is 1. The van der Waals surface area contributed by atoms with Crippen LogP contribution in [0.1, 0.15) is 15.9 Å². The number of hydrogen-bond acceptors (Lipinski definition) is 8.